The van der Waals surface area contributed by atoms with E-state index in [9.17, 15) is 4.79 Å². The zero-order chi connectivity index (χ0) is 14.7. The van der Waals surface area contributed by atoms with Crippen molar-refractivity contribution in [2.75, 3.05) is 11.1 Å². The van der Waals surface area contributed by atoms with Crippen molar-refractivity contribution in [2.45, 2.75) is 32.9 Å². The van der Waals surface area contributed by atoms with Crippen molar-refractivity contribution in [3.63, 3.8) is 0 Å². The summed E-state index contributed by atoms with van der Waals surface area (Å²) < 4.78 is 0. The molecule has 20 heavy (non-hydrogen) atoms. The first-order valence-electron chi connectivity index (χ1n) is 6.54. The minimum Gasteiger partial charge on any atom is -0.399 e. The number of hydrogen-bond donors (Lipinski definition) is 3. The molecule has 0 aliphatic carbocycles. The van der Waals surface area contributed by atoms with Crippen molar-refractivity contribution in [1.82, 2.24) is 15.3 Å². The van der Waals surface area contributed by atoms with E-state index < -0.39 is 0 Å². The number of carbonyl (C=O) groups is 1. The molecule has 1 heterocycles. The number of rotatable bonds is 4. The van der Waals surface area contributed by atoms with Gasteiger partial charge in [-0.2, -0.15) is 0 Å². The van der Waals surface area contributed by atoms with Gasteiger partial charge in [-0.1, -0.05) is 0 Å². The lowest BCUT2D eigenvalue weighted by atomic mass is 10.2. The van der Waals surface area contributed by atoms with Crippen LogP contribution in [0, 0.1) is 0 Å². The predicted molar refractivity (Wildman–Crippen MR) is 80.3 cm³/mol. The highest BCUT2D eigenvalue weighted by Gasteiger charge is 2.15. The van der Waals surface area contributed by atoms with E-state index >= 15 is 0 Å². The van der Waals surface area contributed by atoms with E-state index in [1.54, 1.807) is 19.1 Å². The summed E-state index contributed by atoms with van der Waals surface area (Å²) in [6.45, 7) is 5.64. The van der Waals surface area contributed by atoms with Gasteiger partial charge < -0.3 is 16.4 Å². The number of anilines is 2. The summed E-state index contributed by atoms with van der Waals surface area (Å²) >= 11 is 0. The van der Waals surface area contributed by atoms with Gasteiger partial charge in [-0.25, -0.2) is 9.97 Å². The van der Waals surface area contributed by atoms with Gasteiger partial charge in [0.15, 0.2) is 0 Å². The van der Waals surface area contributed by atoms with Crippen molar-refractivity contribution in [3.8, 4) is 0 Å². The fourth-order valence-corrected chi connectivity index (χ4v) is 1.87. The second-order valence-corrected chi connectivity index (χ2v) is 5.03. The average Bonchev–Trinajstić information content (AvgIpc) is 2.37. The number of fused-ring (bicyclic) bond motifs is 1. The van der Waals surface area contributed by atoms with E-state index in [1.165, 1.54) is 6.33 Å². The minimum atomic E-state index is -0.381. The molecule has 0 spiro atoms. The summed E-state index contributed by atoms with van der Waals surface area (Å²) in [6.07, 6.45) is 1.46. The summed E-state index contributed by atoms with van der Waals surface area (Å²) in [5, 5.41) is 6.80. The number of nitrogens with zero attached hydrogens (tertiary/aromatic N) is 2. The Morgan fingerprint density at radius 3 is 2.70 bits per heavy atom. The first kappa shape index (κ1) is 14.0. The number of hydrogen-bond acceptors (Lipinski definition) is 5. The third-order valence-corrected chi connectivity index (χ3v) is 2.84. The molecule has 0 saturated heterocycles. The first-order valence-corrected chi connectivity index (χ1v) is 6.54. The van der Waals surface area contributed by atoms with Crippen molar-refractivity contribution in [3.05, 3.63) is 24.5 Å². The van der Waals surface area contributed by atoms with E-state index in [2.05, 4.69) is 20.6 Å². The Labute approximate surface area is 117 Å². The fraction of sp³-hybridized carbons (Fsp3) is 0.357. The van der Waals surface area contributed by atoms with Crippen LogP contribution in [0.4, 0.5) is 11.5 Å². The molecule has 0 fully saturated rings. The Balaban J connectivity index is 2.23. The van der Waals surface area contributed by atoms with Crippen LogP contribution >= 0.6 is 0 Å². The summed E-state index contributed by atoms with van der Waals surface area (Å²) in [5.41, 5.74) is 7.13. The van der Waals surface area contributed by atoms with Crippen molar-refractivity contribution < 1.29 is 4.79 Å². The fourth-order valence-electron chi connectivity index (χ4n) is 1.87. The van der Waals surface area contributed by atoms with Gasteiger partial charge in [0.2, 0.25) is 5.91 Å². The molecule has 106 valence electrons. The smallest absolute Gasteiger partial charge is 0.242 e. The van der Waals surface area contributed by atoms with Gasteiger partial charge in [0.05, 0.1) is 5.52 Å². The number of carbonyl (C=O) groups excluding carboxylic acids is 1. The highest BCUT2D eigenvalue weighted by atomic mass is 16.2. The van der Waals surface area contributed by atoms with Crippen molar-refractivity contribution >= 4 is 28.3 Å². The van der Waals surface area contributed by atoms with Crippen LogP contribution in [0.2, 0.25) is 0 Å². The van der Waals surface area contributed by atoms with Crippen LogP contribution in [-0.4, -0.2) is 28.0 Å². The number of aromatic nitrogens is 2. The molecule has 1 atom stereocenters. The maximum atomic E-state index is 11.9. The largest absolute Gasteiger partial charge is 0.399 e. The van der Waals surface area contributed by atoms with Crippen LogP contribution in [0.3, 0.4) is 0 Å². The molecule has 2 aromatic rings. The zero-order valence-electron chi connectivity index (χ0n) is 11.8. The van der Waals surface area contributed by atoms with Gasteiger partial charge in [-0.05, 0) is 39.0 Å². The molecule has 6 nitrogen and oxygen atoms in total. The molecule has 0 radical (unpaired) electrons. The zero-order valence-corrected chi connectivity index (χ0v) is 11.8. The van der Waals surface area contributed by atoms with Gasteiger partial charge in [0.1, 0.15) is 18.2 Å². The maximum Gasteiger partial charge on any atom is 0.242 e. The molecule has 1 amide bonds. The van der Waals surface area contributed by atoms with Gasteiger partial charge >= 0.3 is 0 Å². The van der Waals surface area contributed by atoms with E-state index in [-0.39, 0.29) is 18.0 Å². The van der Waals surface area contributed by atoms with Crippen LogP contribution in [0.25, 0.3) is 10.9 Å². The lowest BCUT2D eigenvalue weighted by Gasteiger charge is -2.17. The summed E-state index contributed by atoms with van der Waals surface area (Å²) in [5.74, 6) is 0.559. The van der Waals surface area contributed by atoms with E-state index in [1.807, 2.05) is 19.9 Å². The number of benzene rings is 1. The van der Waals surface area contributed by atoms with Gasteiger partial charge in [-0.15, -0.1) is 0 Å². The summed E-state index contributed by atoms with van der Waals surface area (Å²) in [7, 11) is 0. The second-order valence-electron chi connectivity index (χ2n) is 5.03. The standard InChI is InChI=1S/C14H19N5O/c1-8(2)18-14(20)9(3)19-13-11-5-4-10(15)6-12(11)16-7-17-13/h4-9H,15H2,1-3H3,(H,18,20)(H,16,17,19). The number of amides is 1. The quantitative estimate of drug-likeness (QED) is 0.735. The Bertz CT molecular complexity index is 626. The predicted octanol–water partition coefficient (Wildman–Crippen LogP) is 1.54. The second kappa shape index (κ2) is 5.73. The van der Waals surface area contributed by atoms with Crippen molar-refractivity contribution in [2.24, 2.45) is 0 Å². The molecule has 0 bridgehead atoms. The first-order chi connectivity index (χ1) is 9.47. The van der Waals surface area contributed by atoms with Crippen LogP contribution < -0.4 is 16.4 Å². The van der Waals surface area contributed by atoms with Crippen LogP contribution in [0.5, 0.6) is 0 Å². The SMILES string of the molecule is CC(C)NC(=O)C(C)Nc1ncnc2cc(N)ccc12. The third kappa shape index (κ3) is 3.14. The van der Waals surface area contributed by atoms with Crippen LogP contribution in [0.1, 0.15) is 20.8 Å². The molecule has 2 rings (SSSR count). The average molecular weight is 273 g/mol. The minimum absolute atomic E-state index is 0.0674. The molecule has 0 saturated carbocycles. The molecule has 1 aromatic carbocycles. The highest BCUT2D eigenvalue weighted by Crippen LogP contribution is 2.21. The van der Waals surface area contributed by atoms with Gasteiger partial charge in [0, 0.05) is 17.1 Å². The Morgan fingerprint density at radius 2 is 2.00 bits per heavy atom. The molecule has 6 heteroatoms. The molecule has 1 unspecified atom stereocenters. The third-order valence-electron chi connectivity index (χ3n) is 2.84. The highest BCUT2D eigenvalue weighted by molar-refractivity contribution is 5.93. The molecule has 0 aliphatic rings. The number of nitrogens with two attached hydrogens (primary N) is 1. The van der Waals surface area contributed by atoms with E-state index in [4.69, 9.17) is 5.73 Å². The van der Waals surface area contributed by atoms with Crippen LogP contribution in [-0.2, 0) is 4.79 Å². The topological polar surface area (TPSA) is 92.9 Å². The maximum absolute atomic E-state index is 11.9. The monoisotopic (exact) mass is 273 g/mol. The van der Waals surface area contributed by atoms with Crippen molar-refractivity contribution in [1.29, 1.82) is 0 Å². The number of nitrogens with one attached hydrogen (secondary N) is 2. The normalized spacial score (nSPS) is 12.4. The summed E-state index contributed by atoms with van der Waals surface area (Å²) in [4.78, 5) is 20.3. The Hall–Kier alpha value is -2.37. The Kier molecular flexibility index (Phi) is 4.02. The molecular weight excluding hydrogens is 254 g/mol. The van der Waals surface area contributed by atoms with E-state index in [0.29, 0.717) is 11.5 Å². The van der Waals surface area contributed by atoms with Crippen LogP contribution in [0.15, 0.2) is 24.5 Å². The molecular formula is C14H19N5O. The van der Waals surface area contributed by atoms with Gasteiger partial charge in [-0.3, -0.25) is 4.79 Å². The molecule has 1 aromatic heterocycles. The summed E-state index contributed by atoms with van der Waals surface area (Å²) in [6, 6.07) is 5.14. The Morgan fingerprint density at radius 1 is 1.25 bits per heavy atom. The number of nitrogen functional groups attached to an aromatic ring is 1. The lowest BCUT2D eigenvalue weighted by molar-refractivity contribution is -0.122. The molecule has 0 aliphatic heterocycles. The van der Waals surface area contributed by atoms with E-state index in [0.717, 1.165) is 10.9 Å². The lowest BCUT2D eigenvalue weighted by Crippen LogP contribution is -2.41. The van der Waals surface area contributed by atoms with Gasteiger partial charge in [0.25, 0.3) is 0 Å². The molecule has 4 N–H and O–H groups in total.